The van der Waals surface area contributed by atoms with Gasteiger partial charge >= 0.3 is 0 Å². The van der Waals surface area contributed by atoms with Crippen LogP contribution in [0.4, 0.5) is 0 Å². The smallest absolute Gasteiger partial charge is 0.130 e. The maximum absolute atomic E-state index is 5.86. The molecule has 0 fully saturated rings. The van der Waals surface area contributed by atoms with Gasteiger partial charge in [0.2, 0.25) is 0 Å². The van der Waals surface area contributed by atoms with E-state index in [0.717, 1.165) is 22.2 Å². The van der Waals surface area contributed by atoms with Crippen LogP contribution in [-0.2, 0) is 196 Å². The number of rotatable bonds is 3. The minimum absolute atomic E-state index is 0. The van der Waals surface area contributed by atoms with E-state index in [1.165, 1.54) is 0 Å². The summed E-state index contributed by atoms with van der Waals surface area (Å²) < 4.78 is 0. The predicted molar refractivity (Wildman–Crippen MR) is 118 cm³/mol. The van der Waals surface area contributed by atoms with Crippen LogP contribution in [0, 0.1) is 0 Å². The van der Waals surface area contributed by atoms with Crippen LogP contribution in [0.15, 0.2) is 61.2 Å². The second-order valence-corrected chi connectivity index (χ2v) is 7.60. The SMILES string of the molecule is CC(C)c1ccccn1.CC(C)c1ncccc1Cl.CC(C)c1ncccn1.[Y].[Y].[Y].[Y].[Y].[Y]. The molecule has 0 spiro atoms. The van der Waals surface area contributed by atoms with Crippen LogP contribution in [0.2, 0.25) is 5.02 Å². The molecule has 168 valence electrons. The largest absolute Gasteiger partial charge is 0.261 e. The van der Waals surface area contributed by atoms with E-state index in [9.17, 15) is 0 Å². The number of halogens is 1. The van der Waals surface area contributed by atoms with Crippen LogP contribution >= 0.6 is 11.6 Å². The summed E-state index contributed by atoms with van der Waals surface area (Å²) in [6.45, 7) is 12.6. The van der Waals surface area contributed by atoms with Crippen LogP contribution in [0.1, 0.15) is 76.5 Å². The van der Waals surface area contributed by atoms with Crippen LogP contribution in [-0.4, -0.2) is 19.9 Å². The molecule has 3 heterocycles. The molecule has 4 nitrogen and oxygen atoms in total. The van der Waals surface area contributed by atoms with Crippen molar-refractivity contribution in [2.24, 2.45) is 0 Å². The second kappa shape index (κ2) is 31.8. The monoisotopic (exact) mass is 932 g/mol. The Morgan fingerprint density at radius 2 is 1.03 bits per heavy atom. The van der Waals surface area contributed by atoms with Crippen molar-refractivity contribution in [3.8, 4) is 0 Å². The van der Waals surface area contributed by atoms with Gasteiger partial charge in [0.15, 0.2) is 0 Å². The van der Waals surface area contributed by atoms with Crippen molar-refractivity contribution < 1.29 is 196 Å². The Bertz CT molecular complexity index is 754. The van der Waals surface area contributed by atoms with E-state index in [2.05, 4.69) is 61.5 Å². The van der Waals surface area contributed by atoms with Crippen LogP contribution in [0.3, 0.4) is 0 Å². The molecule has 0 atom stereocenters. The normalized spacial score (nSPS) is 8.41. The van der Waals surface area contributed by atoms with Gasteiger partial charge in [0.05, 0.1) is 10.7 Å². The molecule has 3 aromatic heterocycles. The van der Waals surface area contributed by atoms with E-state index in [1.54, 1.807) is 18.6 Å². The molecule has 0 saturated heterocycles. The van der Waals surface area contributed by atoms with Crippen LogP contribution < -0.4 is 0 Å². The summed E-state index contributed by atoms with van der Waals surface area (Å²) in [5.74, 6) is 2.31. The molecule has 11 heteroatoms. The first-order valence-electron chi connectivity index (χ1n) is 9.61. The summed E-state index contributed by atoms with van der Waals surface area (Å²) in [7, 11) is 0. The maximum atomic E-state index is 5.86. The number of nitrogens with zero attached hydrogens (tertiary/aromatic N) is 4. The molecular weight excluding hydrogens is 901 g/mol. The van der Waals surface area contributed by atoms with E-state index in [4.69, 9.17) is 11.6 Å². The minimum atomic E-state index is 0. The number of hydrogen-bond acceptors (Lipinski definition) is 4. The number of pyridine rings is 2. The van der Waals surface area contributed by atoms with E-state index in [-0.39, 0.29) is 196 Å². The Kier molecular flexibility index (Phi) is 47.8. The van der Waals surface area contributed by atoms with Gasteiger partial charge < -0.3 is 0 Å². The Hall–Kier alpha value is 4.29. The van der Waals surface area contributed by atoms with Gasteiger partial charge in [0.1, 0.15) is 5.82 Å². The Labute approximate surface area is 362 Å². The molecule has 0 aliphatic heterocycles. The molecule has 0 aliphatic carbocycles. The average Bonchev–Trinajstić information content (AvgIpc) is 2.70. The fourth-order valence-electron chi connectivity index (χ4n) is 2.15. The summed E-state index contributed by atoms with van der Waals surface area (Å²) in [5.41, 5.74) is 2.14. The zero-order chi connectivity index (χ0) is 20.9. The molecule has 0 bridgehead atoms. The van der Waals surface area contributed by atoms with E-state index in [0.29, 0.717) is 17.8 Å². The van der Waals surface area contributed by atoms with Gasteiger partial charge in [0, 0.05) is 233 Å². The molecular formula is C23H31ClN4Y6. The minimum Gasteiger partial charge on any atom is -0.261 e. The van der Waals surface area contributed by atoms with Crippen molar-refractivity contribution in [1.29, 1.82) is 0 Å². The molecule has 0 amide bonds. The third-order valence-electron chi connectivity index (χ3n) is 3.72. The average molecular weight is 932 g/mol. The van der Waals surface area contributed by atoms with Crippen LogP contribution in [0.25, 0.3) is 0 Å². The third kappa shape index (κ3) is 24.1. The van der Waals surface area contributed by atoms with Crippen molar-refractivity contribution in [3.63, 3.8) is 0 Å². The first-order valence-corrected chi connectivity index (χ1v) is 9.98. The second-order valence-electron chi connectivity index (χ2n) is 7.20. The predicted octanol–water partition coefficient (Wildman–Crippen LogP) is 6.65. The topological polar surface area (TPSA) is 51.6 Å². The molecule has 34 heavy (non-hydrogen) atoms. The standard InChI is InChI=1S/C8H10ClN.C8H11N.C7H10N2.6Y/c1-6(2)8-7(9)4-3-5-10-8;1-7(2)8-5-3-4-6-9-8;1-6(2)7-8-4-3-5-9-7;;;;;;/h3-6H,1-2H3;3-7H,1-2H3;3-6H,1-2H3;;;;;;. The molecule has 0 aromatic carbocycles. The molecule has 0 unspecified atom stereocenters. The van der Waals surface area contributed by atoms with Gasteiger partial charge in [-0.05, 0) is 42.2 Å². The molecule has 6 radical (unpaired) electrons. The zero-order valence-electron chi connectivity index (χ0n) is 21.1. The van der Waals surface area contributed by atoms with Crippen molar-refractivity contribution in [3.05, 3.63) is 83.4 Å². The van der Waals surface area contributed by atoms with Crippen molar-refractivity contribution in [2.75, 3.05) is 0 Å². The molecule has 3 aromatic rings. The molecule has 0 aliphatic rings. The van der Waals surface area contributed by atoms with Crippen molar-refractivity contribution >= 4 is 11.6 Å². The van der Waals surface area contributed by atoms with Gasteiger partial charge in [-0.2, -0.15) is 0 Å². The van der Waals surface area contributed by atoms with Crippen LogP contribution in [0.5, 0.6) is 0 Å². The Morgan fingerprint density at radius 1 is 0.529 bits per heavy atom. The molecule has 0 N–H and O–H groups in total. The van der Waals surface area contributed by atoms with Gasteiger partial charge in [-0.15, -0.1) is 0 Å². The number of aromatic nitrogens is 4. The quantitative estimate of drug-likeness (QED) is 0.296. The van der Waals surface area contributed by atoms with Crippen molar-refractivity contribution in [2.45, 2.75) is 59.3 Å². The maximum Gasteiger partial charge on any atom is 0.130 e. The van der Waals surface area contributed by atoms with Crippen molar-refractivity contribution in [1.82, 2.24) is 19.9 Å². The third-order valence-corrected chi connectivity index (χ3v) is 4.03. The van der Waals surface area contributed by atoms with Gasteiger partial charge in [0.25, 0.3) is 0 Å². The van der Waals surface area contributed by atoms with E-state index < -0.39 is 0 Å². The van der Waals surface area contributed by atoms with Gasteiger partial charge in [-0.25, -0.2) is 9.97 Å². The molecule has 0 saturated carbocycles. The summed E-state index contributed by atoms with van der Waals surface area (Å²) in [5, 5.41) is 0.762. The van der Waals surface area contributed by atoms with Gasteiger partial charge in [-0.1, -0.05) is 59.2 Å². The fourth-order valence-corrected chi connectivity index (χ4v) is 2.49. The first kappa shape index (κ1) is 51.1. The van der Waals surface area contributed by atoms with E-state index in [1.807, 2.05) is 42.6 Å². The van der Waals surface area contributed by atoms with Gasteiger partial charge in [-0.3, -0.25) is 9.97 Å². The fraction of sp³-hybridized carbons (Fsp3) is 0.391. The summed E-state index contributed by atoms with van der Waals surface area (Å²) in [4.78, 5) is 16.5. The summed E-state index contributed by atoms with van der Waals surface area (Å²) in [6.07, 6.45) is 7.13. The number of hydrogen-bond donors (Lipinski definition) is 0. The first-order chi connectivity index (χ1) is 13.3. The summed E-state index contributed by atoms with van der Waals surface area (Å²) in [6, 6.07) is 11.5. The molecule has 3 rings (SSSR count). The zero-order valence-corrected chi connectivity index (χ0v) is 38.9. The van der Waals surface area contributed by atoms with E-state index >= 15 is 0 Å². The Balaban J connectivity index is -0.0000000796. The summed E-state index contributed by atoms with van der Waals surface area (Å²) >= 11 is 5.86. The Morgan fingerprint density at radius 3 is 1.32 bits per heavy atom.